The van der Waals surface area contributed by atoms with Gasteiger partial charge in [0.25, 0.3) is 5.91 Å². The van der Waals surface area contributed by atoms with Crippen LogP contribution in [0.1, 0.15) is 30.6 Å². The first-order valence-corrected chi connectivity index (χ1v) is 9.29. The molecule has 1 aromatic heterocycles. The molecule has 0 aliphatic rings. The zero-order valence-corrected chi connectivity index (χ0v) is 14.5. The summed E-state index contributed by atoms with van der Waals surface area (Å²) in [5.74, 6) is -1.46. The van der Waals surface area contributed by atoms with E-state index in [4.69, 9.17) is 0 Å². The normalized spacial score (nSPS) is 13.2. The van der Waals surface area contributed by atoms with Gasteiger partial charge in [-0.3, -0.25) is 4.79 Å². The Morgan fingerprint density at radius 2 is 1.92 bits per heavy atom. The zero-order valence-electron chi connectivity index (χ0n) is 13.7. The Morgan fingerprint density at radius 1 is 1.25 bits per heavy atom. The van der Waals surface area contributed by atoms with Crippen LogP contribution in [0.15, 0.2) is 30.5 Å². The van der Waals surface area contributed by atoms with Crippen molar-refractivity contribution < 1.29 is 23.1 Å². The van der Waals surface area contributed by atoms with Gasteiger partial charge in [-0.1, -0.05) is 13.8 Å². The van der Waals surface area contributed by atoms with E-state index in [9.17, 15) is 23.1 Å². The van der Waals surface area contributed by atoms with Crippen molar-refractivity contribution in [1.82, 2.24) is 9.29 Å². The summed E-state index contributed by atoms with van der Waals surface area (Å²) in [4.78, 5) is 23.5. The number of rotatable bonds is 6. The largest absolute Gasteiger partial charge is 0.480 e. The third-order valence-corrected chi connectivity index (χ3v) is 4.62. The summed E-state index contributed by atoms with van der Waals surface area (Å²) in [5, 5.41) is 12.3. The van der Waals surface area contributed by atoms with E-state index in [2.05, 4.69) is 5.32 Å². The number of carboxylic acid groups (broad SMARTS) is 1. The Balaban J connectivity index is 2.29. The molecule has 0 aliphatic carbocycles. The summed E-state index contributed by atoms with van der Waals surface area (Å²) in [7, 11) is -3.42. The Labute approximate surface area is 140 Å². The van der Waals surface area contributed by atoms with Crippen molar-refractivity contribution >= 4 is 32.8 Å². The molecular weight excluding hydrogens is 332 g/mol. The molecule has 0 spiro atoms. The fourth-order valence-corrected chi connectivity index (χ4v) is 3.29. The number of hydrogen-bond acceptors (Lipinski definition) is 4. The van der Waals surface area contributed by atoms with Crippen LogP contribution >= 0.6 is 0 Å². The molecule has 2 aromatic rings. The van der Waals surface area contributed by atoms with Crippen molar-refractivity contribution in [2.45, 2.75) is 26.3 Å². The van der Waals surface area contributed by atoms with E-state index in [1.807, 2.05) is 13.8 Å². The SMILES string of the molecule is CC(C)CC(NC(=O)c1ccc2c(ccn2S(C)(=O)=O)c1)C(=O)O. The van der Waals surface area contributed by atoms with Crippen molar-refractivity contribution in [2.24, 2.45) is 5.92 Å². The van der Waals surface area contributed by atoms with Crippen molar-refractivity contribution in [1.29, 1.82) is 0 Å². The smallest absolute Gasteiger partial charge is 0.326 e. The molecular formula is C16H20N2O5S. The molecule has 0 radical (unpaired) electrons. The van der Waals surface area contributed by atoms with E-state index in [1.54, 1.807) is 12.1 Å². The number of amides is 1. The van der Waals surface area contributed by atoms with Crippen molar-refractivity contribution in [3.63, 3.8) is 0 Å². The number of hydrogen-bond donors (Lipinski definition) is 2. The molecule has 8 heteroatoms. The molecule has 7 nitrogen and oxygen atoms in total. The molecule has 1 amide bonds. The monoisotopic (exact) mass is 352 g/mol. The highest BCUT2D eigenvalue weighted by Crippen LogP contribution is 2.19. The lowest BCUT2D eigenvalue weighted by atomic mass is 10.0. The molecule has 24 heavy (non-hydrogen) atoms. The maximum absolute atomic E-state index is 12.3. The molecule has 0 aliphatic heterocycles. The maximum atomic E-state index is 12.3. The minimum atomic E-state index is -3.42. The van der Waals surface area contributed by atoms with Gasteiger partial charge in [-0.25, -0.2) is 17.2 Å². The summed E-state index contributed by atoms with van der Waals surface area (Å²) >= 11 is 0. The average Bonchev–Trinajstić information content (AvgIpc) is 2.88. The Morgan fingerprint density at radius 3 is 2.46 bits per heavy atom. The summed E-state index contributed by atoms with van der Waals surface area (Å²) in [6.07, 6.45) is 2.84. The summed E-state index contributed by atoms with van der Waals surface area (Å²) in [6, 6.07) is 5.18. The number of nitrogens with one attached hydrogen (secondary N) is 1. The second kappa shape index (κ2) is 6.64. The Hall–Kier alpha value is -2.35. The lowest BCUT2D eigenvalue weighted by Crippen LogP contribution is -2.41. The fourth-order valence-electron chi connectivity index (χ4n) is 2.48. The molecule has 0 saturated heterocycles. The minimum absolute atomic E-state index is 0.123. The van der Waals surface area contributed by atoms with E-state index >= 15 is 0 Å². The highest BCUT2D eigenvalue weighted by Gasteiger charge is 2.22. The Kier molecular flexibility index (Phi) is 4.98. The lowest BCUT2D eigenvalue weighted by Gasteiger charge is -2.16. The third-order valence-electron chi connectivity index (χ3n) is 3.58. The van der Waals surface area contributed by atoms with Gasteiger partial charge in [-0.05, 0) is 36.6 Å². The predicted molar refractivity (Wildman–Crippen MR) is 90.5 cm³/mol. The van der Waals surface area contributed by atoms with Crippen LogP contribution in [-0.4, -0.2) is 41.7 Å². The van der Waals surface area contributed by atoms with Gasteiger partial charge >= 0.3 is 5.97 Å². The van der Waals surface area contributed by atoms with Gasteiger partial charge in [0.05, 0.1) is 11.8 Å². The number of aliphatic carboxylic acids is 1. The summed E-state index contributed by atoms with van der Waals surface area (Å²) in [5.41, 5.74) is 0.745. The fraction of sp³-hybridized carbons (Fsp3) is 0.375. The van der Waals surface area contributed by atoms with Crippen LogP contribution in [0.25, 0.3) is 10.9 Å². The van der Waals surface area contributed by atoms with Crippen molar-refractivity contribution in [3.05, 3.63) is 36.0 Å². The number of fused-ring (bicyclic) bond motifs is 1. The van der Waals surface area contributed by atoms with Gasteiger partial charge in [0, 0.05) is 17.1 Å². The molecule has 2 rings (SSSR count). The van der Waals surface area contributed by atoms with E-state index in [-0.39, 0.29) is 11.5 Å². The highest BCUT2D eigenvalue weighted by atomic mass is 32.2. The van der Waals surface area contributed by atoms with Crippen LogP contribution in [0, 0.1) is 5.92 Å². The van der Waals surface area contributed by atoms with Crippen LogP contribution < -0.4 is 5.32 Å². The molecule has 0 bridgehead atoms. The number of nitrogens with zero attached hydrogens (tertiary/aromatic N) is 1. The molecule has 130 valence electrons. The van der Waals surface area contributed by atoms with Crippen LogP contribution in [0.2, 0.25) is 0 Å². The summed E-state index contributed by atoms with van der Waals surface area (Å²) < 4.78 is 24.5. The second-order valence-corrected chi connectivity index (χ2v) is 8.00. The van der Waals surface area contributed by atoms with Gasteiger partial charge in [0.2, 0.25) is 10.0 Å². The number of aromatic nitrogens is 1. The third kappa shape index (κ3) is 3.94. The number of carboxylic acids is 1. The number of benzene rings is 1. The van der Waals surface area contributed by atoms with E-state index < -0.39 is 27.9 Å². The molecule has 0 fully saturated rings. The first kappa shape index (κ1) is 18.0. The van der Waals surface area contributed by atoms with Crippen LogP contribution in [-0.2, 0) is 14.8 Å². The first-order chi connectivity index (χ1) is 11.1. The molecule has 1 unspecified atom stereocenters. The summed E-state index contributed by atoms with van der Waals surface area (Å²) in [6.45, 7) is 3.75. The number of carbonyl (C=O) groups is 2. The molecule has 2 N–H and O–H groups in total. The first-order valence-electron chi connectivity index (χ1n) is 7.45. The van der Waals surface area contributed by atoms with Gasteiger partial charge in [-0.2, -0.15) is 0 Å². The van der Waals surface area contributed by atoms with E-state index in [1.165, 1.54) is 18.3 Å². The van der Waals surface area contributed by atoms with Gasteiger partial charge in [0.15, 0.2) is 0 Å². The van der Waals surface area contributed by atoms with Crippen LogP contribution in [0.4, 0.5) is 0 Å². The lowest BCUT2D eigenvalue weighted by molar-refractivity contribution is -0.139. The molecule has 1 heterocycles. The van der Waals surface area contributed by atoms with Crippen molar-refractivity contribution in [2.75, 3.05) is 6.26 Å². The van der Waals surface area contributed by atoms with Crippen LogP contribution in [0.3, 0.4) is 0 Å². The van der Waals surface area contributed by atoms with Gasteiger partial charge < -0.3 is 10.4 Å². The average molecular weight is 352 g/mol. The number of carbonyl (C=O) groups excluding carboxylic acids is 1. The zero-order chi connectivity index (χ0) is 18.1. The van der Waals surface area contributed by atoms with E-state index in [0.717, 1.165) is 10.2 Å². The van der Waals surface area contributed by atoms with E-state index in [0.29, 0.717) is 17.3 Å². The minimum Gasteiger partial charge on any atom is -0.480 e. The van der Waals surface area contributed by atoms with Crippen LogP contribution in [0.5, 0.6) is 0 Å². The highest BCUT2D eigenvalue weighted by molar-refractivity contribution is 7.89. The maximum Gasteiger partial charge on any atom is 0.326 e. The van der Waals surface area contributed by atoms with Gasteiger partial charge in [0.1, 0.15) is 6.04 Å². The standard InChI is InChI=1S/C16H20N2O5S/c1-10(2)8-13(16(20)21)17-15(19)12-4-5-14-11(9-12)6-7-18(14)24(3,22)23/h4-7,9-10,13H,8H2,1-3H3,(H,17,19)(H,20,21). The quantitative estimate of drug-likeness (QED) is 0.823. The topological polar surface area (TPSA) is 105 Å². The second-order valence-electron chi connectivity index (χ2n) is 6.14. The molecule has 1 atom stereocenters. The Bertz CT molecular complexity index is 883. The molecule has 0 saturated carbocycles. The predicted octanol–water partition coefficient (Wildman–Crippen LogP) is 1.68. The van der Waals surface area contributed by atoms with Crippen molar-refractivity contribution in [3.8, 4) is 0 Å². The van der Waals surface area contributed by atoms with Gasteiger partial charge in [-0.15, -0.1) is 0 Å². The molecule has 1 aromatic carbocycles.